The van der Waals surface area contributed by atoms with E-state index in [-0.39, 0.29) is 5.78 Å². The molecule has 0 heterocycles. The summed E-state index contributed by atoms with van der Waals surface area (Å²) < 4.78 is 5.70. The third kappa shape index (κ3) is 6.50. The Hall–Kier alpha value is -2.37. The molecule has 0 spiro atoms. The van der Waals surface area contributed by atoms with Crippen LogP contribution in [0, 0.1) is 0 Å². The number of ketones is 1. The van der Waals surface area contributed by atoms with Gasteiger partial charge in [-0.3, -0.25) is 4.79 Å². The van der Waals surface area contributed by atoms with Crippen molar-refractivity contribution in [2.45, 2.75) is 32.6 Å². The van der Waals surface area contributed by atoms with Gasteiger partial charge in [0.05, 0.1) is 6.61 Å². The fourth-order valence-electron chi connectivity index (χ4n) is 2.48. The summed E-state index contributed by atoms with van der Waals surface area (Å²) in [6, 6.07) is 13.8. The number of ether oxygens (including phenoxy) is 1. The van der Waals surface area contributed by atoms with Crippen LogP contribution in [-0.4, -0.2) is 29.6 Å². The fourth-order valence-corrected chi connectivity index (χ4v) is 2.48. The molecule has 0 fully saturated rings. The molecule has 0 aliphatic rings. The number of allylic oxidation sites excluding steroid dienone is 1. The predicted octanol–water partition coefficient (Wildman–Crippen LogP) is 3.22. The molecule has 2 aromatic rings. The van der Waals surface area contributed by atoms with E-state index in [1.54, 1.807) is 18.2 Å². The molecule has 2 aromatic carbocycles. The lowest BCUT2D eigenvalue weighted by atomic mass is 9.80. The summed E-state index contributed by atoms with van der Waals surface area (Å²) in [6.07, 6.45) is 7.97. The average Bonchev–Trinajstić information content (AvgIpc) is 2.67. The van der Waals surface area contributed by atoms with Crippen LogP contribution in [0.15, 0.2) is 54.6 Å². The number of benzene rings is 2. The summed E-state index contributed by atoms with van der Waals surface area (Å²) in [5.41, 5.74) is 1.77. The van der Waals surface area contributed by atoms with E-state index in [1.807, 2.05) is 24.3 Å². The third-order valence-corrected chi connectivity index (χ3v) is 4.07. The molecule has 5 heteroatoms. The van der Waals surface area contributed by atoms with E-state index in [1.165, 1.54) is 37.5 Å². The molecule has 0 aliphatic heterocycles. The van der Waals surface area contributed by atoms with E-state index in [4.69, 9.17) is 14.8 Å². The summed E-state index contributed by atoms with van der Waals surface area (Å²) in [4.78, 5) is 12.2. The molecule has 0 saturated carbocycles. The second-order valence-electron chi connectivity index (χ2n) is 6.17. The van der Waals surface area contributed by atoms with Gasteiger partial charge in [-0.25, -0.2) is 0 Å². The summed E-state index contributed by atoms with van der Waals surface area (Å²) in [7, 11) is -1.53. The normalized spacial score (nSPS) is 10.9. The molecule has 2 rings (SSSR count). The zero-order valence-corrected chi connectivity index (χ0v) is 15.1. The van der Waals surface area contributed by atoms with Gasteiger partial charge >= 0.3 is 7.12 Å². The van der Waals surface area contributed by atoms with Crippen LogP contribution in [0.1, 0.15) is 48.5 Å². The van der Waals surface area contributed by atoms with E-state index in [0.29, 0.717) is 11.0 Å². The lowest BCUT2D eigenvalue weighted by Gasteiger charge is -2.06. The minimum atomic E-state index is -1.53. The molecular weight excluding hydrogens is 327 g/mol. The molecule has 26 heavy (non-hydrogen) atoms. The Morgan fingerprint density at radius 1 is 1.00 bits per heavy atom. The molecule has 0 radical (unpaired) electrons. The van der Waals surface area contributed by atoms with Crippen molar-refractivity contribution in [3.63, 3.8) is 0 Å². The molecule has 2 N–H and O–H groups in total. The number of hydrogen-bond acceptors (Lipinski definition) is 4. The predicted molar refractivity (Wildman–Crippen MR) is 106 cm³/mol. The Labute approximate surface area is 155 Å². The van der Waals surface area contributed by atoms with Crippen molar-refractivity contribution in [1.29, 1.82) is 0 Å². The standard InChI is InChI=1S/C21H25BO4/c1-2-3-4-5-16-26-20-13-6-17(7-14-20)8-15-21(23)18-9-11-19(12-10-18)22(24)25/h6-15,24-25H,2-5,16H2,1H3/b15-8+. The SMILES string of the molecule is CCCCCCOc1ccc(/C=C/C(=O)c2ccc(B(O)O)cc2)cc1. The van der Waals surface area contributed by atoms with Gasteiger partial charge in [0.1, 0.15) is 5.75 Å². The zero-order valence-electron chi connectivity index (χ0n) is 15.1. The second kappa shape index (κ2) is 10.6. The molecule has 0 saturated heterocycles. The van der Waals surface area contributed by atoms with Crippen LogP contribution in [0.2, 0.25) is 0 Å². The lowest BCUT2D eigenvalue weighted by molar-refractivity contribution is 0.104. The van der Waals surface area contributed by atoms with E-state index in [0.717, 1.165) is 24.3 Å². The number of carbonyl (C=O) groups is 1. The number of carbonyl (C=O) groups excluding carboxylic acids is 1. The van der Waals surface area contributed by atoms with Crippen molar-refractivity contribution in [1.82, 2.24) is 0 Å². The maximum atomic E-state index is 12.2. The maximum absolute atomic E-state index is 12.2. The van der Waals surface area contributed by atoms with Crippen LogP contribution < -0.4 is 10.2 Å². The minimum absolute atomic E-state index is 0.139. The molecule has 0 bridgehead atoms. The Balaban J connectivity index is 1.86. The molecule has 136 valence electrons. The highest BCUT2D eigenvalue weighted by molar-refractivity contribution is 6.58. The van der Waals surface area contributed by atoms with Gasteiger partial charge in [0.25, 0.3) is 0 Å². The van der Waals surface area contributed by atoms with Crippen molar-refractivity contribution in [2.75, 3.05) is 6.61 Å². The van der Waals surface area contributed by atoms with Gasteiger partial charge in [0.15, 0.2) is 5.78 Å². The molecule has 0 unspecified atom stereocenters. The van der Waals surface area contributed by atoms with Crippen LogP contribution >= 0.6 is 0 Å². The van der Waals surface area contributed by atoms with Crippen molar-refractivity contribution in [3.05, 3.63) is 65.7 Å². The highest BCUT2D eigenvalue weighted by Crippen LogP contribution is 2.14. The average molecular weight is 352 g/mol. The Bertz CT molecular complexity index is 706. The quantitative estimate of drug-likeness (QED) is 0.298. The Morgan fingerprint density at radius 3 is 2.31 bits per heavy atom. The summed E-state index contributed by atoms with van der Waals surface area (Å²) >= 11 is 0. The maximum Gasteiger partial charge on any atom is 0.488 e. The van der Waals surface area contributed by atoms with Crippen LogP contribution in [0.5, 0.6) is 5.75 Å². The van der Waals surface area contributed by atoms with Crippen molar-refractivity contribution < 1.29 is 19.6 Å². The minimum Gasteiger partial charge on any atom is -0.494 e. The fraction of sp³-hybridized carbons (Fsp3) is 0.286. The molecule has 0 aliphatic carbocycles. The summed E-state index contributed by atoms with van der Waals surface area (Å²) in [5, 5.41) is 18.1. The molecule has 0 amide bonds. The monoisotopic (exact) mass is 352 g/mol. The third-order valence-electron chi connectivity index (χ3n) is 4.07. The number of hydrogen-bond donors (Lipinski definition) is 2. The summed E-state index contributed by atoms with van der Waals surface area (Å²) in [6.45, 7) is 2.92. The first-order valence-electron chi connectivity index (χ1n) is 9.01. The highest BCUT2D eigenvalue weighted by atomic mass is 16.5. The molecule has 4 nitrogen and oxygen atoms in total. The van der Waals surface area contributed by atoms with Crippen LogP contribution in [0.25, 0.3) is 6.08 Å². The smallest absolute Gasteiger partial charge is 0.488 e. The van der Waals surface area contributed by atoms with Gasteiger partial charge < -0.3 is 14.8 Å². The van der Waals surface area contributed by atoms with E-state index in [2.05, 4.69) is 6.92 Å². The highest BCUT2D eigenvalue weighted by Gasteiger charge is 2.10. The first-order valence-corrected chi connectivity index (χ1v) is 9.01. The first-order chi connectivity index (χ1) is 12.6. The van der Waals surface area contributed by atoms with E-state index in [9.17, 15) is 4.79 Å². The van der Waals surface area contributed by atoms with Gasteiger partial charge in [-0.1, -0.05) is 68.7 Å². The molecular formula is C21H25BO4. The summed E-state index contributed by atoms with van der Waals surface area (Å²) in [5.74, 6) is 0.698. The Morgan fingerprint density at radius 2 is 1.69 bits per heavy atom. The van der Waals surface area contributed by atoms with Gasteiger partial charge in [0, 0.05) is 5.56 Å². The van der Waals surface area contributed by atoms with Crippen LogP contribution in [0.3, 0.4) is 0 Å². The van der Waals surface area contributed by atoms with Crippen molar-refractivity contribution >= 4 is 24.4 Å². The molecule has 0 atom stereocenters. The Kier molecular flexibility index (Phi) is 8.12. The number of rotatable bonds is 10. The van der Waals surface area contributed by atoms with Crippen LogP contribution in [-0.2, 0) is 0 Å². The number of unbranched alkanes of at least 4 members (excludes halogenated alkanes) is 3. The zero-order chi connectivity index (χ0) is 18.8. The van der Waals surface area contributed by atoms with E-state index >= 15 is 0 Å². The van der Waals surface area contributed by atoms with Gasteiger partial charge in [0.2, 0.25) is 0 Å². The largest absolute Gasteiger partial charge is 0.494 e. The topological polar surface area (TPSA) is 66.8 Å². The van der Waals surface area contributed by atoms with Gasteiger partial charge in [-0.2, -0.15) is 0 Å². The first kappa shape index (κ1) is 20.0. The van der Waals surface area contributed by atoms with E-state index < -0.39 is 7.12 Å². The second-order valence-corrected chi connectivity index (χ2v) is 6.17. The lowest BCUT2D eigenvalue weighted by Crippen LogP contribution is -2.29. The van der Waals surface area contributed by atoms with Gasteiger partial charge in [-0.05, 0) is 35.7 Å². The van der Waals surface area contributed by atoms with Crippen molar-refractivity contribution in [2.24, 2.45) is 0 Å². The van der Waals surface area contributed by atoms with Crippen LogP contribution in [0.4, 0.5) is 0 Å². The van der Waals surface area contributed by atoms with Gasteiger partial charge in [-0.15, -0.1) is 0 Å². The molecule has 0 aromatic heterocycles. The van der Waals surface area contributed by atoms with Crippen molar-refractivity contribution in [3.8, 4) is 5.75 Å².